The molecule has 6 nitrogen and oxygen atoms in total. The zero-order valence-electron chi connectivity index (χ0n) is 17.6. The highest BCUT2D eigenvalue weighted by Crippen LogP contribution is 2.20. The smallest absolute Gasteiger partial charge is 0.244 e. The van der Waals surface area contributed by atoms with E-state index in [1.54, 1.807) is 28.8 Å². The molecule has 1 N–H and O–H groups in total. The van der Waals surface area contributed by atoms with Crippen LogP contribution in [0.3, 0.4) is 0 Å². The maximum Gasteiger partial charge on any atom is 0.244 e. The molecule has 7 heteroatoms. The zero-order valence-corrected chi connectivity index (χ0v) is 18.3. The number of carbonyl (C=O) groups excluding carboxylic acids is 2. The third-order valence-corrected chi connectivity index (χ3v) is 5.45. The summed E-state index contributed by atoms with van der Waals surface area (Å²) in [6.45, 7) is 3.78. The number of ketones is 1. The molecule has 0 saturated carbocycles. The molecule has 0 aliphatic heterocycles. The molecular formula is C25H20ClN3O3. The lowest BCUT2D eigenvalue weighted by Gasteiger charge is -2.15. The van der Waals surface area contributed by atoms with Gasteiger partial charge in [0.25, 0.3) is 0 Å². The van der Waals surface area contributed by atoms with Crippen LogP contribution in [-0.2, 0) is 11.3 Å². The summed E-state index contributed by atoms with van der Waals surface area (Å²) in [5.74, 6) is -0.719. The van der Waals surface area contributed by atoms with Gasteiger partial charge in [-0.2, -0.15) is 0 Å². The highest BCUT2D eigenvalue weighted by molar-refractivity contribution is 6.31. The van der Waals surface area contributed by atoms with E-state index in [1.165, 1.54) is 24.7 Å². The first-order chi connectivity index (χ1) is 15.3. The van der Waals surface area contributed by atoms with Crippen LogP contribution in [0.25, 0.3) is 10.9 Å². The maximum absolute atomic E-state index is 13.1. The second-order valence-electron chi connectivity index (χ2n) is 7.59. The lowest BCUT2D eigenvalue weighted by atomic mass is 10.0. The van der Waals surface area contributed by atoms with Crippen molar-refractivity contribution in [3.05, 3.63) is 105 Å². The van der Waals surface area contributed by atoms with Crippen LogP contribution < -0.4 is 10.7 Å². The number of pyridine rings is 2. The first-order valence-electron chi connectivity index (χ1n) is 9.98. The van der Waals surface area contributed by atoms with Crippen LogP contribution in [0.15, 0.2) is 71.9 Å². The number of hydrogen-bond donors (Lipinski definition) is 1. The van der Waals surface area contributed by atoms with Crippen molar-refractivity contribution in [2.24, 2.45) is 0 Å². The second kappa shape index (κ2) is 8.77. The summed E-state index contributed by atoms with van der Waals surface area (Å²) < 4.78 is 1.60. The van der Waals surface area contributed by atoms with E-state index in [1.807, 2.05) is 32.0 Å². The van der Waals surface area contributed by atoms with E-state index in [-0.39, 0.29) is 23.4 Å². The number of benzene rings is 2. The Balaban J connectivity index is 1.77. The number of amides is 1. The molecule has 160 valence electrons. The first-order valence-corrected chi connectivity index (χ1v) is 10.4. The molecule has 0 saturated heterocycles. The Morgan fingerprint density at radius 3 is 2.53 bits per heavy atom. The first kappa shape index (κ1) is 21.5. The van der Waals surface area contributed by atoms with Gasteiger partial charge in [0.15, 0.2) is 5.78 Å². The molecule has 2 aromatic heterocycles. The van der Waals surface area contributed by atoms with Crippen LogP contribution in [0.4, 0.5) is 5.69 Å². The Hall–Kier alpha value is -3.77. The number of halogens is 1. The van der Waals surface area contributed by atoms with Crippen LogP contribution >= 0.6 is 11.6 Å². The summed E-state index contributed by atoms with van der Waals surface area (Å²) in [5.41, 5.74) is 3.07. The minimum Gasteiger partial charge on any atom is -0.337 e. The third kappa shape index (κ3) is 4.31. The normalized spacial score (nSPS) is 10.8. The van der Waals surface area contributed by atoms with E-state index in [9.17, 15) is 14.4 Å². The number of anilines is 1. The van der Waals surface area contributed by atoms with Crippen LogP contribution in [0.1, 0.15) is 27.0 Å². The quantitative estimate of drug-likeness (QED) is 0.457. The summed E-state index contributed by atoms with van der Waals surface area (Å²) in [7, 11) is 0. The second-order valence-corrected chi connectivity index (χ2v) is 8.03. The molecule has 0 bridgehead atoms. The van der Waals surface area contributed by atoms with Gasteiger partial charge < -0.3 is 9.88 Å². The monoisotopic (exact) mass is 445 g/mol. The molecule has 0 fully saturated rings. The van der Waals surface area contributed by atoms with Gasteiger partial charge in [-0.3, -0.25) is 19.4 Å². The van der Waals surface area contributed by atoms with Crippen molar-refractivity contribution in [2.75, 3.05) is 5.32 Å². The molecule has 1 amide bonds. The molecule has 32 heavy (non-hydrogen) atoms. The van der Waals surface area contributed by atoms with Crippen molar-refractivity contribution in [2.45, 2.75) is 20.4 Å². The molecule has 0 atom stereocenters. The Bertz CT molecular complexity index is 1410. The number of hydrogen-bond acceptors (Lipinski definition) is 4. The largest absolute Gasteiger partial charge is 0.337 e. The average Bonchev–Trinajstić information content (AvgIpc) is 2.78. The van der Waals surface area contributed by atoms with E-state index in [0.29, 0.717) is 16.1 Å². The van der Waals surface area contributed by atoms with Crippen molar-refractivity contribution in [3.8, 4) is 0 Å². The topological polar surface area (TPSA) is 81.1 Å². The van der Waals surface area contributed by atoms with E-state index in [2.05, 4.69) is 10.3 Å². The number of fused-ring (bicyclic) bond motifs is 1. The van der Waals surface area contributed by atoms with Gasteiger partial charge >= 0.3 is 0 Å². The predicted molar refractivity (Wildman–Crippen MR) is 125 cm³/mol. The molecule has 2 aromatic carbocycles. The number of aryl methyl sites for hydroxylation is 2. The van der Waals surface area contributed by atoms with Crippen LogP contribution in [0.2, 0.25) is 5.02 Å². The van der Waals surface area contributed by atoms with Crippen molar-refractivity contribution in [1.29, 1.82) is 0 Å². The van der Waals surface area contributed by atoms with Gasteiger partial charge in [-0.1, -0.05) is 23.7 Å². The highest BCUT2D eigenvalue weighted by atomic mass is 35.5. The van der Waals surface area contributed by atoms with Gasteiger partial charge in [0, 0.05) is 40.3 Å². The molecule has 0 spiro atoms. The number of aromatic nitrogens is 2. The highest BCUT2D eigenvalue weighted by Gasteiger charge is 2.18. The fraction of sp³-hybridized carbons (Fsp3) is 0.120. The Morgan fingerprint density at radius 2 is 1.78 bits per heavy atom. The number of nitrogens with zero attached hydrogens (tertiary/aromatic N) is 2. The Labute approximate surface area is 189 Å². The van der Waals surface area contributed by atoms with Crippen LogP contribution in [0.5, 0.6) is 0 Å². The fourth-order valence-electron chi connectivity index (χ4n) is 3.54. The zero-order chi connectivity index (χ0) is 22.8. The van der Waals surface area contributed by atoms with Crippen molar-refractivity contribution >= 4 is 39.9 Å². The lowest BCUT2D eigenvalue weighted by Crippen LogP contribution is -2.24. The van der Waals surface area contributed by atoms with Crippen molar-refractivity contribution in [3.63, 3.8) is 0 Å². The van der Waals surface area contributed by atoms with Crippen LogP contribution in [0, 0.1) is 13.8 Å². The summed E-state index contributed by atoms with van der Waals surface area (Å²) in [6, 6.07) is 13.7. The minimum atomic E-state index is -0.442. The number of nitrogens with one attached hydrogen (secondary N) is 1. The SMILES string of the molecule is Cc1ccc(C)c(NC(=O)Cn2cc(C(=O)c3ccncc3)c(=O)c3cc(Cl)ccc32)c1. The average molecular weight is 446 g/mol. The molecule has 0 unspecified atom stereocenters. The lowest BCUT2D eigenvalue weighted by molar-refractivity contribution is -0.116. The summed E-state index contributed by atoms with van der Waals surface area (Å²) in [6.07, 6.45) is 4.41. The third-order valence-electron chi connectivity index (χ3n) is 5.21. The maximum atomic E-state index is 13.1. The van der Waals surface area contributed by atoms with Gasteiger partial charge in [-0.25, -0.2) is 0 Å². The number of carbonyl (C=O) groups is 2. The molecule has 0 radical (unpaired) electrons. The van der Waals surface area contributed by atoms with E-state index >= 15 is 0 Å². The van der Waals surface area contributed by atoms with Crippen LogP contribution in [-0.4, -0.2) is 21.2 Å². The van der Waals surface area contributed by atoms with Crippen molar-refractivity contribution in [1.82, 2.24) is 9.55 Å². The molecule has 0 aliphatic rings. The van der Waals surface area contributed by atoms with E-state index in [0.717, 1.165) is 16.8 Å². The Kier molecular flexibility index (Phi) is 5.88. The summed E-state index contributed by atoms with van der Waals surface area (Å²) in [5, 5.41) is 3.56. The van der Waals surface area contributed by atoms with Crippen molar-refractivity contribution < 1.29 is 9.59 Å². The molecule has 0 aliphatic carbocycles. The Morgan fingerprint density at radius 1 is 1.03 bits per heavy atom. The minimum absolute atomic E-state index is 0.0366. The van der Waals surface area contributed by atoms with Gasteiger partial charge in [0.05, 0.1) is 11.1 Å². The number of rotatable bonds is 5. The molecule has 2 heterocycles. The molecule has 4 aromatic rings. The van der Waals surface area contributed by atoms with Gasteiger partial charge in [-0.15, -0.1) is 0 Å². The van der Waals surface area contributed by atoms with Gasteiger partial charge in [-0.05, 0) is 61.4 Å². The fourth-order valence-corrected chi connectivity index (χ4v) is 3.71. The summed E-state index contributed by atoms with van der Waals surface area (Å²) in [4.78, 5) is 42.9. The standard InChI is InChI=1S/C25H20ClN3O3/c1-15-3-4-16(2)21(11-15)28-23(30)14-29-13-20(24(31)17-7-9-27-10-8-17)25(32)19-12-18(26)5-6-22(19)29/h3-13H,14H2,1-2H3,(H,28,30). The van der Waals surface area contributed by atoms with E-state index < -0.39 is 11.2 Å². The summed E-state index contributed by atoms with van der Waals surface area (Å²) >= 11 is 6.12. The molecule has 4 rings (SSSR count). The van der Waals surface area contributed by atoms with E-state index in [4.69, 9.17) is 11.6 Å². The predicted octanol–water partition coefficient (Wildman–Crippen LogP) is 4.54. The molecular weight excluding hydrogens is 426 g/mol. The van der Waals surface area contributed by atoms with Gasteiger partial charge in [0.2, 0.25) is 11.3 Å². The van der Waals surface area contributed by atoms with Gasteiger partial charge in [0.1, 0.15) is 6.54 Å².